The van der Waals surface area contributed by atoms with Gasteiger partial charge in [0.15, 0.2) is 6.61 Å². The van der Waals surface area contributed by atoms with Gasteiger partial charge >= 0.3 is 5.97 Å². The summed E-state index contributed by atoms with van der Waals surface area (Å²) in [6.45, 7) is -0.306. The van der Waals surface area contributed by atoms with E-state index in [1.807, 2.05) is 6.07 Å². The van der Waals surface area contributed by atoms with Crippen LogP contribution in [0.1, 0.15) is 5.56 Å². The van der Waals surface area contributed by atoms with Crippen molar-refractivity contribution in [3.63, 3.8) is 0 Å². The fourth-order valence-electron chi connectivity index (χ4n) is 1.81. The molecule has 23 heavy (non-hydrogen) atoms. The molecule has 0 aromatic heterocycles. The fourth-order valence-corrected chi connectivity index (χ4v) is 3.06. The molecule has 1 aromatic carbocycles. The van der Waals surface area contributed by atoms with Crippen molar-refractivity contribution in [2.45, 2.75) is 0 Å². The Morgan fingerprint density at radius 3 is 2.91 bits per heavy atom. The highest BCUT2D eigenvalue weighted by Gasteiger charge is 2.33. The molecule has 6 nitrogen and oxygen atoms in total. The van der Waals surface area contributed by atoms with Gasteiger partial charge in [0.05, 0.1) is 12.0 Å². The van der Waals surface area contributed by atoms with E-state index in [2.05, 4.69) is 4.74 Å². The van der Waals surface area contributed by atoms with Crippen molar-refractivity contribution >= 4 is 46.3 Å². The van der Waals surface area contributed by atoms with Crippen LogP contribution in [0.25, 0.3) is 6.08 Å². The first-order valence-corrected chi connectivity index (χ1v) is 7.70. The molecule has 1 aliphatic rings. The maximum absolute atomic E-state index is 12.3. The normalized spacial score (nSPS) is 15.7. The highest BCUT2D eigenvalue weighted by molar-refractivity contribution is 8.26. The topological polar surface area (TPSA) is 79.6 Å². The summed E-state index contributed by atoms with van der Waals surface area (Å²) in [5.74, 6) is -0.409. The number of amides is 1. The van der Waals surface area contributed by atoms with Crippen molar-refractivity contribution in [1.82, 2.24) is 4.90 Å². The Kier molecular flexibility index (Phi) is 5.73. The molecule has 1 amide bonds. The Balaban J connectivity index is 2.24. The molecule has 1 aliphatic heterocycles. The second kappa shape index (κ2) is 7.76. The number of nitriles is 1. The van der Waals surface area contributed by atoms with Crippen molar-refractivity contribution in [2.24, 2.45) is 0 Å². The minimum Gasteiger partial charge on any atom is -0.478 e. The van der Waals surface area contributed by atoms with Crippen LogP contribution < -0.4 is 4.74 Å². The number of rotatable bonds is 5. The summed E-state index contributed by atoms with van der Waals surface area (Å²) in [5.41, 5.74) is 0.654. The van der Waals surface area contributed by atoms with Gasteiger partial charge in [-0.1, -0.05) is 42.2 Å². The van der Waals surface area contributed by atoms with Gasteiger partial charge in [-0.3, -0.25) is 14.5 Å². The minimum absolute atomic E-state index is 0.0891. The molecule has 0 saturated carbocycles. The summed E-state index contributed by atoms with van der Waals surface area (Å²) in [7, 11) is 1.25. The second-order valence-corrected chi connectivity index (χ2v) is 6.00. The molecule has 0 radical (unpaired) electrons. The maximum atomic E-state index is 12.3. The van der Waals surface area contributed by atoms with Crippen LogP contribution in [0.15, 0.2) is 29.2 Å². The summed E-state index contributed by atoms with van der Waals surface area (Å²) in [4.78, 5) is 25.3. The third-order valence-electron chi connectivity index (χ3n) is 2.89. The number of thiocarbonyl (C=S) groups is 1. The lowest BCUT2D eigenvalue weighted by atomic mass is 10.2. The van der Waals surface area contributed by atoms with Crippen molar-refractivity contribution in [3.8, 4) is 11.8 Å². The highest BCUT2D eigenvalue weighted by Crippen LogP contribution is 2.34. The Morgan fingerprint density at radius 2 is 2.22 bits per heavy atom. The van der Waals surface area contributed by atoms with Crippen molar-refractivity contribution < 1.29 is 19.1 Å². The van der Waals surface area contributed by atoms with Gasteiger partial charge < -0.3 is 9.47 Å². The number of esters is 1. The van der Waals surface area contributed by atoms with Gasteiger partial charge in [-0.2, -0.15) is 5.26 Å². The number of nitrogens with zero attached hydrogens (tertiary/aromatic N) is 2. The second-order valence-electron chi connectivity index (χ2n) is 4.33. The first kappa shape index (κ1) is 17.0. The smallest absolute Gasteiger partial charge is 0.325 e. The van der Waals surface area contributed by atoms with E-state index in [0.717, 1.165) is 11.8 Å². The molecule has 0 unspecified atom stereocenters. The molecule has 0 atom stereocenters. The van der Waals surface area contributed by atoms with E-state index in [-0.39, 0.29) is 19.1 Å². The predicted molar refractivity (Wildman–Crippen MR) is 89.4 cm³/mol. The predicted octanol–water partition coefficient (Wildman–Crippen LogP) is 1.96. The molecule has 1 heterocycles. The monoisotopic (exact) mass is 348 g/mol. The van der Waals surface area contributed by atoms with E-state index >= 15 is 0 Å². The van der Waals surface area contributed by atoms with Gasteiger partial charge in [0.25, 0.3) is 5.91 Å². The van der Waals surface area contributed by atoms with Gasteiger partial charge in [0.2, 0.25) is 0 Å². The molecule has 1 fully saturated rings. The number of hydrogen-bond donors (Lipinski definition) is 0. The molecule has 118 valence electrons. The summed E-state index contributed by atoms with van der Waals surface area (Å²) >= 11 is 6.23. The molecule has 1 aromatic rings. The maximum Gasteiger partial charge on any atom is 0.325 e. The number of ether oxygens (including phenoxy) is 2. The zero-order valence-electron chi connectivity index (χ0n) is 12.1. The lowest BCUT2D eigenvalue weighted by Gasteiger charge is -2.12. The zero-order chi connectivity index (χ0) is 16.8. The Morgan fingerprint density at radius 1 is 1.48 bits per heavy atom. The fraction of sp³-hybridized carbons (Fsp3) is 0.200. The SMILES string of the molecule is COC(=O)CN1C(=O)/C(=C/c2ccccc2OCC#N)SC1=S. The Hall–Kier alpha value is -2.37. The van der Waals surface area contributed by atoms with E-state index in [1.165, 1.54) is 12.0 Å². The first-order valence-electron chi connectivity index (χ1n) is 6.47. The summed E-state index contributed by atoms with van der Waals surface area (Å²) in [5, 5.41) is 8.61. The number of methoxy groups -OCH3 is 1. The Bertz CT molecular complexity index is 724. The van der Waals surface area contributed by atoms with Gasteiger partial charge in [0, 0.05) is 5.56 Å². The van der Waals surface area contributed by atoms with E-state index in [9.17, 15) is 9.59 Å². The standard InChI is InChI=1S/C15H12N2O4S2/c1-20-13(18)9-17-14(19)12(23-15(17)22)8-10-4-2-3-5-11(10)21-7-6-16/h2-5,8H,7,9H2,1H3/b12-8-. The number of benzene rings is 1. The quantitative estimate of drug-likeness (QED) is 0.457. The Labute approximate surface area is 142 Å². The summed E-state index contributed by atoms with van der Waals surface area (Å²) in [6.07, 6.45) is 1.63. The third-order valence-corrected chi connectivity index (χ3v) is 4.26. The van der Waals surface area contributed by atoms with Crippen LogP contribution in [0.4, 0.5) is 0 Å². The van der Waals surface area contributed by atoms with Gasteiger partial charge in [-0.15, -0.1) is 0 Å². The molecule has 0 N–H and O–H groups in total. The molecule has 2 rings (SSSR count). The molecular formula is C15H12N2O4S2. The first-order chi connectivity index (χ1) is 11.1. The third kappa shape index (κ3) is 4.09. The van der Waals surface area contributed by atoms with Crippen LogP contribution in [0.2, 0.25) is 0 Å². The number of carbonyl (C=O) groups excluding carboxylic acids is 2. The van der Waals surface area contributed by atoms with Crippen LogP contribution in [0, 0.1) is 11.3 Å². The van der Waals surface area contributed by atoms with E-state index in [0.29, 0.717) is 20.5 Å². The van der Waals surface area contributed by atoms with Gasteiger partial charge in [0.1, 0.15) is 22.7 Å². The van der Waals surface area contributed by atoms with Crippen molar-refractivity contribution in [3.05, 3.63) is 34.7 Å². The summed E-state index contributed by atoms with van der Waals surface area (Å²) in [6, 6.07) is 8.92. The van der Waals surface area contributed by atoms with Crippen LogP contribution in [-0.2, 0) is 14.3 Å². The molecule has 0 spiro atoms. The highest BCUT2D eigenvalue weighted by atomic mass is 32.2. The molecule has 8 heteroatoms. The van der Waals surface area contributed by atoms with Crippen LogP contribution in [-0.4, -0.2) is 41.4 Å². The molecular weight excluding hydrogens is 336 g/mol. The number of hydrogen-bond acceptors (Lipinski definition) is 7. The lowest BCUT2D eigenvalue weighted by molar-refractivity contribution is -0.143. The molecule has 1 saturated heterocycles. The van der Waals surface area contributed by atoms with Gasteiger partial charge in [-0.25, -0.2) is 0 Å². The van der Waals surface area contributed by atoms with Crippen molar-refractivity contribution in [2.75, 3.05) is 20.3 Å². The average Bonchev–Trinajstić information content (AvgIpc) is 2.81. The van der Waals surface area contributed by atoms with Crippen molar-refractivity contribution in [1.29, 1.82) is 5.26 Å². The molecule has 0 bridgehead atoms. The minimum atomic E-state index is -0.541. The lowest BCUT2D eigenvalue weighted by Crippen LogP contribution is -2.33. The largest absolute Gasteiger partial charge is 0.478 e. The number of thioether (sulfide) groups is 1. The summed E-state index contributed by atoms with van der Waals surface area (Å²) < 4.78 is 10.2. The van der Waals surface area contributed by atoms with E-state index in [1.54, 1.807) is 30.3 Å². The van der Waals surface area contributed by atoms with Crippen LogP contribution in [0.3, 0.4) is 0 Å². The molecule has 0 aliphatic carbocycles. The van der Waals surface area contributed by atoms with E-state index in [4.69, 9.17) is 22.2 Å². The number of para-hydroxylation sites is 1. The average molecular weight is 348 g/mol. The van der Waals surface area contributed by atoms with Gasteiger partial charge in [-0.05, 0) is 12.1 Å². The number of carbonyl (C=O) groups is 2. The van der Waals surface area contributed by atoms with Crippen LogP contribution >= 0.6 is 24.0 Å². The van der Waals surface area contributed by atoms with E-state index < -0.39 is 5.97 Å². The van der Waals surface area contributed by atoms with Crippen LogP contribution in [0.5, 0.6) is 5.75 Å². The zero-order valence-corrected chi connectivity index (χ0v) is 13.8.